The quantitative estimate of drug-likeness (QED) is 0.740. The maximum absolute atomic E-state index is 11.6. The fourth-order valence-corrected chi connectivity index (χ4v) is 3.30. The third-order valence-electron chi connectivity index (χ3n) is 4.68. The molecule has 0 radical (unpaired) electrons. The lowest BCUT2D eigenvalue weighted by Crippen LogP contribution is -2.42. The summed E-state index contributed by atoms with van der Waals surface area (Å²) in [5.74, 6) is -0.692. The molecule has 3 nitrogen and oxygen atoms in total. The number of para-hydroxylation sites is 1. The molecule has 0 amide bonds. The molecule has 0 unspecified atom stereocenters. The SMILES string of the molecule is O=C(O)C1(c2ccc3[nH]c4ccccc4c3c2)CCC1. The average molecular weight is 265 g/mol. The molecule has 1 heterocycles. The van der Waals surface area contributed by atoms with E-state index >= 15 is 0 Å². The largest absolute Gasteiger partial charge is 0.481 e. The molecule has 0 spiro atoms. The maximum Gasteiger partial charge on any atom is 0.314 e. The lowest BCUT2D eigenvalue weighted by atomic mass is 9.64. The number of fused-ring (bicyclic) bond motifs is 3. The summed E-state index contributed by atoms with van der Waals surface area (Å²) >= 11 is 0. The van der Waals surface area contributed by atoms with Crippen molar-refractivity contribution in [2.24, 2.45) is 0 Å². The number of aromatic amines is 1. The van der Waals surface area contributed by atoms with Crippen LogP contribution in [0.15, 0.2) is 42.5 Å². The van der Waals surface area contributed by atoms with Crippen molar-refractivity contribution in [1.82, 2.24) is 4.98 Å². The van der Waals surface area contributed by atoms with Gasteiger partial charge in [-0.25, -0.2) is 0 Å². The normalized spacial score (nSPS) is 17.2. The highest BCUT2D eigenvalue weighted by Crippen LogP contribution is 2.45. The summed E-state index contributed by atoms with van der Waals surface area (Å²) < 4.78 is 0. The molecular weight excluding hydrogens is 250 g/mol. The zero-order valence-corrected chi connectivity index (χ0v) is 11.0. The fourth-order valence-electron chi connectivity index (χ4n) is 3.30. The van der Waals surface area contributed by atoms with E-state index in [-0.39, 0.29) is 0 Å². The Hall–Kier alpha value is -2.29. The van der Waals surface area contributed by atoms with Gasteiger partial charge in [0.1, 0.15) is 0 Å². The van der Waals surface area contributed by atoms with Crippen LogP contribution in [0.2, 0.25) is 0 Å². The second kappa shape index (κ2) is 3.85. The standard InChI is InChI=1S/C17H15NO2/c19-16(20)17(8-3-9-17)11-6-7-15-13(10-11)12-4-1-2-5-14(12)18-15/h1-2,4-7,10,18H,3,8-9H2,(H,19,20). The summed E-state index contributed by atoms with van der Waals surface area (Å²) in [6.45, 7) is 0. The zero-order chi connectivity index (χ0) is 13.7. The first-order valence-corrected chi connectivity index (χ1v) is 6.95. The molecule has 0 bridgehead atoms. The summed E-state index contributed by atoms with van der Waals surface area (Å²) in [6, 6.07) is 14.2. The number of aliphatic carboxylic acids is 1. The highest BCUT2D eigenvalue weighted by atomic mass is 16.4. The van der Waals surface area contributed by atoms with Crippen LogP contribution in [-0.2, 0) is 10.2 Å². The number of carboxylic acids is 1. The van der Waals surface area contributed by atoms with Crippen molar-refractivity contribution >= 4 is 27.8 Å². The van der Waals surface area contributed by atoms with Crippen LogP contribution >= 0.6 is 0 Å². The van der Waals surface area contributed by atoms with Gasteiger partial charge in [0.25, 0.3) is 0 Å². The van der Waals surface area contributed by atoms with E-state index in [2.05, 4.69) is 17.1 Å². The smallest absolute Gasteiger partial charge is 0.314 e. The van der Waals surface area contributed by atoms with Crippen molar-refractivity contribution in [2.75, 3.05) is 0 Å². The van der Waals surface area contributed by atoms with Crippen LogP contribution in [0.3, 0.4) is 0 Å². The van der Waals surface area contributed by atoms with Gasteiger partial charge in [0, 0.05) is 21.8 Å². The number of rotatable bonds is 2. The van der Waals surface area contributed by atoms with Crippen molar-refractivity contribution in [2.45, 2.75) is 24.7 Å². The Labute approximate surface area is 116 Å². The van der Waals surface area contributed by atoms with Crippen molar-refractivity contribution < 1.29 is 9.90 Å². The second-order valence-electron chi connectivity index (χ2n) is 5.67. The Bertz CT molecular complexity index is 827. The van der Waals surface area contributed by atoms with Crippen LogP contribution in [0.4, 0.5) is 0 Å². The first-order valence-electron chi connectivity index (χ1n) is 6.95. The van der Waals surface area contributed by atoms with E-state index in [1.54, 1.807) is 0 Å². The number of nitrogens with one attached hydrogen (secondary N) is 1. The molecule has 20 heavy (non-hydrogen) atoms. The summed E-state index contributed by atoms with van der Waals surface area (Å²) in [5, 5.41) is 11.8. The molecule has 4 rings (SSSR count). The summed E-state index contributed by atoms with van der Waals surface area (Å²) in [7, 11) is 0. The van der Waals surface area contributed by atoms with E-state index in [0.29, 0.717) is 0 Å². The van der Waals surface area contributed by atoms with E-state index < -0.39 is 11.4 Å². The molecule has 2 aromatic carbocycles. The van der Waals surface area contributed by atoms with E-state index in [0.717, 1.165) is 46.6 Å². The minimum absolute atomic E-state index is 0.660. The van der Waals surface area contributed by atoms with E-state index in [1.165, 1.54) is 0 Å². The molecule has 0 saturated heterocycles. The molecule has 3 aromatic rings. The fraction of sp³-hybridized carbons (Fsp3) is 0.235. The summed E-state index contributed by atoms with van der Waals surface area (Å²) in [4.78, 5) is 15.0. The number of hydrogen-bond acceptors (Lipinski definition) is 1. The van der Waals surface area contributed by atoms with Crippen LogP contribution in [0.25, 0.3) is 21.8 Å². The van der Waals surface area contributed by atoms with Gasteiger partial charge in [0.05, 0.1) is 5.41 Å². The lowest BCUT2D eigenvalue weighted by Gasteiger charge is -2.38. The Morgan fingerprint density at radius 3 is 2.50 bits per heavy atom. The highest BCUT2D eigenvalue weighted by Gasteiger charge is 2.45. The number of carbonyl (C=O) groups is 1. The van der Waals surface area contributed by atoms with E-state index in [4.69, 9.17) is 0 Å². The summed E-state index contributed by atoms with van der Waals surface area (Å²) in [6.07, 6.45) is 2.49. The molecule has 1 aliphatic carbocycles. The second-order valence-corrected chi connectivity index (χ2v) is 5.67. The van der Waals surface area contributed by atoms with Gasteiger partial charge in [0.15, 0.2) is 0 Å². The first-order chi connectivity index (χ1) is 9.71. The zero-order valence-electron chi connectivity index (χ0n) is 11.0. The van der Waals surface area contributed by atoms with Gasteiger partial charge in [-0.2, -0.15) is 0 Å². The third-order valence-corrected chi connectivity index (χ3v) is 4.68. The molecule has 0 aliphatic heterocycles. The molecular formula is C17H15NO2. The van der Waals surface area contributed by atoms with Gasteiger partial charge in [-0.15, -0.1) is 0 Å². The molecule has 100 valence electrons. The predicted molar refractivity (Wildman–Crippen MR) is 79.0 cm³/mol. The van der Waals surface area contributed by atoms with Gasteiger partial charge in [-0.1, -0.05) is 30.7 Å². The van der Waals surface area contributed by atoms with Gasteiger partial charge in [-0.05, 0) is 36.6 Å². The van der Waals surface area contributed by atoms with E-state index in [9.17, 15) is 9.90 Å². The Morgan fingerprint density at radius 2 is 1.80 bits per heavy atom. The molecule has 0 atom stereocenters. The van der Waals surface area contributed by atoms with Crippen molar-refractivity contribution in [3.63, 3.8) is 0 Å². The number of hydrogen-bond donors (Lipinski definition) is 2. The van der Waals surface area contributed by atoms with Crippen LogP contribution in [0.5, 0.6) is 0 Å². The molecule has 1 fully saturated rings. The Balaban J connectivity index is 1.98. The number of H-pyrrole nitrogens is 1. The van der Waals surface area contributed by atoms with Crippen LogP contribution in [-0.4, -0.2) is 16.1 Å². The lowest BCUT2D eigenvalue weighted by molar-refractivity contribution is -0.147. The molecule has 1 saturated carbocycles. The molecule has 1 aromatic heterocycles. The number of aromatic nitrogens is 1. The third kappa shape index (κ3) is 1.38. The van der Waals surface area contributed by atoms with Crippen molar-refractivity contribution in [3.8, 4) is 0 Å². The van der Waals surface area contributed by atoms with Gasteiger partial charge < -0.3 is 10.1 Å². The topological polar surface area (TPSA) is 53.1 Å². The van der Waals surface area contributed by atoms with Crippen LogP contribution in [0.1, 0.15) is 24.8 Å². The predicted octanol–water partition coefficient (Wildman–Crippen LogP) is 3.83. The molecule has 2 N–H and O–H groups in total. The van der Waals surface area contributed by atoms with Gasteiger partial charge in [0.2, 0.25) is 0 Å². The molecule has 3 heteroatoms. The Kier molecular flexibility index (Phi) is 2.22. The first kappa shape index (κ1) is 11.5. The molecule has 1 aliphatic rings. The highest BCUT2D eigenvalue weighted by molar-refractivity contribution is 6.07. The Morgan fingerprint density at radius 1 is 1.05 bits per heavy atom. The van der Waals surface area contributed by atoms with E-state index in [1.807, 2.05) is 30.3 Å². The monoisotopic (exact) mass is 265 g/mol. The average Bonchev–Trinajstić information content (AvgIpc) is 2.75. The van der Waals surface area contributed by atoms with Gasteiger partial charge >= 0.3 is 5.97 Å². The van der Waals surface area contributed by atoms with Crippen molar-refractivity contribution in [1.29, 1.82) is 0 Å². The van der Waals surface area contributed by atoms with Crippen LogP contribution < -0.4 is 0 Å². The number of carboxylic acid groups (broad SMARTS) is 1. The summed E-state index contributed by atoms with van der Waals surface area (Å²) in [5.41, 5.74) is 2.44. The van der Waals surface area contributed by atoms with Crippen LogP contribution in [0, 0.1) is 0 Å². The van der Waals surface area contributed by atoms with Crippen molar-refractivity contribution in [3.05, 3.63) is 48.0 Å². The maximum atomic E-state index is 11.6. The minimum atomic E-state index is -0.692. The minimum Gasteiger partial charge on any atom is -0.481 e. The number of benzene rings is 2. The van der Waals surface area contributed by atoms with Gasteiger partial charge in [-0.3, -0.25) is 4.79 Å².